The maximum Gasteiger partial charge on any atom is 0.141 e. The number of nitrogens with zero attached hydrogens (tertiary/aromatic N) is 1. The van der Waals surface area contributed by atoms with Crippen LogP contribution in [0, 0.1) is 11.7 Å². The summed E-state index contributed by atoms with van der Waals surface area (Å²) in [7, 11) is 0. The number of ether oxygens (including phenoxy) is 1. The van der Waals surface area contributed by atoms with Gasteiger partial charge in [0.25, 0.3) is 0 Å². The SMILES string of the molecule is CCC(O)(c1ccc(F)cn1)C1CCOCC1. The molecule has 2 heterocycles. The molecule has 0 radical (unpaired) electrons. The van der Waals surface area contributed by atoms with Crippen molar-refractivity contribution in [3.63, 3.8) is 0 Å². The van der Waals surface area contributed by atoms with E-state index in [1.54, 1.807) is 6.07 Å². The number of halogens is 1. The highest BCUT2D eigenvalue weighted by Gasteiger charge is 2.38. The average Bonchev–Trinajstić information content (AvgIpc) is 2.40. The van der Waals surface area contributed by atoms with Crippen LogP contribution in [0.1, 0.15) is 31.9 Å². The lowest BCUT2D eigenvalue weighted by molar-refractivity contribution is -0.0758. The van der Waals surface area contributed by atoms with Crippen molar-refractivity contribution < 1.29 is 14.2 Å². The molecule has 2 rings (SSSR count). The van der Waals surface area contributed by atoms with E-state index in [9.17, 15) is 9.50 Å². The Morgan fingerprint density at radius 3 is 2.71 bits per heavy atom. The van der Waals surface area contributed by atoms with E-state index in [0.717, 1.165) is 19.0 Å². The third-order valence-corrected chi connectivity index (χ3v) is 3.61. The van der Waals surface area contributed by atoms with Crippen LogP contribution in [-0.2, 0) is 10.3 Å². The van der Waals surface area contributed by atoms with Gasteiger partial charge < -0.3 is 9.84 Å². The van der Waals surface area contributed by atoms with Gasteiger partial charge in [-0.05, 0) is 37.3 Å². The van der Waals surface area contributed by atoms with E-state index in [4.69, 9.17) is 4.74 Å². The maximum atomic E-state index is 12.9. The fourth-order valence-corrected chi connectivity index (χ4v) is 2.49. The third kappa shape index (κ3) is 2.48. The highest BCUT2D eigenvalue weighted by Crippen LogP contribution is 2.37. The Morgan fingerprint density at radius 1 is 1.47 bits per heavy atom. The smallest absolute Gasteiger partial charge is 0.141 e. The van der Waals surface area contributed by atoms with Crippen LogP contribution in [0.25, 0.3) is 0 Å². The summed E-state index contributed by atoms with van der Waals surface area (Å²) in [5.41, 5.74) is -0.398. The van der Waals surface area contributed by atoms with Crippen LogP contribution in [0.4, 0.5) is 4.39 Å². The van der Waals surface area contributed by atoms with E-state index in [0.29, 0.717) is 25.3 Å². The van der Waals surface area contributed by atoms with Crippen LogP contribution < -0.4 is 0 Å². The summed E-state index contributed by atoms with van der Waals surface area (Å²) in [6.07, 6.45) is 3.39. The summed E-state index contributed by atoms with van der Waals surface area (Å²) >= 11 is 0. The largest absolute Gasteiger partial charge is 0.383 e. The molecule has 0 bridgehead atoms. The summed E-state index contributed by atoms with van der Waals surface area (Å²) < 4.78 is 18.2. The second-order valence-electron chi connectivity index (χ2n) is 4.53. The van der Waals surface area contributed by atoms with Crippen molar-refractivity contribution in [1.82, 2.24) is 4.98 Å². The van der Waals surface area contributed by atoms with E-state index in [-0.39, 0.29) is 11.7 Å². The van der Waals surface area contributed by atoms with E-state index in [1.807, 2.05) is 6.92 Å². The first-order valence-electron chi connectivity index (χ1n) is 6.09. The molecular formula is C13H18FNO2. The van der Waals surface area contributed by atoms with Crippen LogP contribution in [0.2, 0.25) is 0 Å². The molecule has 1 aromatic rings. The monoisotopic (exact) mass is 239 g/mol. The van der Waals surface area contributed by atoms with Gasteiger partial charge in [0.15, 0.2) is 0 Å². The van der Waals surface area contributed by atoms with E-state index in [2.05, 4.69) is 4.98 Å². The molecule has 1 aliphatic heterocycles. The first-order chi connectivity index (χ1) is 8.16. The standard InChI is InChI=1S/C13H18FNO2/c1-2-13(16,10-5-7-17-8-6-10)12-4-3-11(14)9-15-12/h3-4,9-10,16H,2,5-8H2,1H3. The van der Waals surface area contributed by atoms with Gasteiger partial charge in [-0.2, -0.15) is 0 Å². The topological polar surface area (TPSA) is 42.4 Å². The van der Waals surface area contributed by atoms with E-state index >= 15 is 0 Å². The molecule has 3 nitrogen and oxygen atoms in total. The molecule has 0 saturated carbocycles. The first-order valence-corrected chi connectivity index (χ1v) is 6.09. The highest BCUT2D eigenvalue weighted by atomic mass is 19.1. The minimum Gasteiger partial charge on any atom is -0.383 e. The van der Waals surface area contributed by atoms with Gasteiger partial charge in [0.1, 0.15) is 11.4 Å². The van der Waals surface area contributed by atoms with Crippen molar-refractivity contribution in [2.75, 3.05) is 13.2 Å². The predicted molar refractivity (Wildman–Crippen MR) is 61.9 cm³/mol. The first kappa shape index (κ1) is 12.5. The molecule has 1 atom stereocenters. The molecule has 1 unspecified atom stereocenters. The van der Waals surface area contributed by atoms with Crippen molar-refractivity contribution in [3.05, 3.63) is 29.8 Å². The van der Waals surface area contributed by atoms with Crippen LogP contribution in [0.15, 0.2) is 18.3 Å². The van der Waals surface area contributed by atoms with Crippen LogP contribution in [-0.4, -0.2) is 23.3 Å². The predicted octanol–water partition coefficient (Wildman–Crippen LogP) is 2.24. The molecule has 4 heteroatoms. The Morgan fingerprint density at radius 2 is 2.18 bits per heavy atom. The second kappa shape index (κ2) is 5.10. The summed E-state index contributed by atoms with van der Waals surface area (Å²) in [6.45, 7) is 3.28. The molecule has 1 aromatic heterocycles. The lowest BCUT2D eigenvalue weighted by atomic mass is 9.77. The Labute approximate surface area is 101 Å². The van der Waals surface area contributed by atoms with Gasteiger partial charge in [0.05, 0.1) is 11.9 Å². The van der Waals surface area contributed by atoms with E-state index < -0.39 is 5.60 Å². The molecule has 0 amide bonds. The Hall–Kier alpha value is -1.00. The number of hydrogen-bond donors (Lipinski definition) is 1. The van der Waals surface area contributed by atoms with Crippen molar-refractivity contribution >= 4 is 0 Å². The van der Waals surface area contributed by atoms with Gasteiger partial charge in [-0.15, -0.1) is 0 Å². The maximum absolute atomic E-state index is 12.9. The number of rotatable bonds is 3. The zero-order valence-corrected chi connectivity index (χ0v) is 10.0. The minimum atomic E-state index is -0.961. The average molecular weight is 239 g/mol. The van der Waals surface area contributed by atoms with Gasteiger partial charge in [-0.3, -0.25) is 4.98 Å². The molecule has 1 N–H and O–H groups in total. The molecular weight excluding hydrogens is 221 g/mol. The Balaban J connectivity index is 2.25. The number of pyridine rings is 1. The minimum absolute atomic E-state index is 0.138. The van der Waals surface area contributed by atoms with Crippen LogP contribution >= 0.6 is 0 Å². The van der Waals surface area contributed by atoms with Gasteiger partial charge in [-0.25, -0.2) is 4.39 Å². The number of aromatic nitrogens is 1. The quantitative estimate of drug-likeness (QED) is 0.879. The van der Waals surface area contributed by atoms with Crippen LogP contribution in [0.5, 0.6) is 0 Å². The molecule has 1 fully saturated rings. The molecule has 0 aromatic carbocycles. The third-order valence-electron chi connectivity index (χ3n) is 3.61. The zero-order valence-electron chi connectivity index (χ0n) is 10.0. The molecule has 0 aliphatic carbocycles. The van der Waals surface area contributed by atoms with Crippen molar-refractivity contribution in [1.29, 1.82) is 0 Å². The summed E-state index contributed by atoms with van der Waals surface area (Å²) in [6, 6.07) is 2.93. The van der Waals surface area contributed by atoms with Crippen molar-refractivity contribution in [3.8, 4) is 0 Å². The van der Waals surface area contributed by atoms with E-state index in [1.165, 1.54) is 6.07 Å². The van der Waals surface area contributed by atoms with Crippen LogP contribution in [0.3, 0.4) is 0 Å². The molecule has 94 valence electrons. The zero-order chi connectivity index (χ0) is 12.3. The van der Waals surface area contributed by atoms with Gasteiger partial charge in [0.2, 0.25) is 0 Å². The fourth-order valence-electron chi connectivity index (χ4n) is 2.49. The fraction of sp³-hybridized carbons (Fsp3) is 0.615. The van der Waals surface area contributed by atoms with Crippen molar-refractivity contribution in [2.24, 2.45) is 5.92 Å². The highest BCUT2D eigenvalue weighted by molar-refractivity contribution is 5.15. The summed E-state index contributed by atoms with van der Waals surface area (Å²) in [4.78, 5) is 4.03. The molecule has 1 aliphatic rings. The second-order valence-corrected chi connectivity index (χ2v) is 4.53. The molecule has 0 spiro atoms. The molecule has 17 heavy (non-hydrogen) atoms. The Kier molecular flexibility index (Phi) is 3.74. The van der Waals surface area contributed by atoms with Crippen molar-refractivity contribution in [2.45, 2.75) is 31.8 Å². The summed E-state index contributed by atoms with van der Waals surface area (Å²) in [5.74, 6) is -0.238. The number of aliphatic hydroxyl groups is 1. The van der Waals surface area contributed by atoms with Gasteiger partial charge >= 0.3 is 0 Å². The number of hydrogen-bond acceptors (Lipinski definition) is 3. The van der Waals surface area contributed by atoms with Gasteiger partial charge in [0, 0.05) is 13.2 Å². The lowest BCUT2D eigenvalue weighted by Crippen LogP contribution is -2.38. The normalized spacial score (nSPS) is 21.1. The summed E-state index contributed by atoms with van der Waals surface area (Å²) in [5, 5.41) is 10.8. The Bertz CT molecular complexity index is 362. The molecule has 1 saturated heterocycles. The lowest BCUT2D eigenvalue weighted by Gasteiger charge is -2.37. The van der Waals surface area contributed by atoms with Gasteiger partial charge in [-0.1, -0.05) is 6.92 Å².